The van der Waals surface area contributed by atoms with Crippen molar-refractivity contribution >= 4 is 0 Å². The fraction of sp³-hybridized carbons (Fsp3) is 0.625. The predicted molar refractivity (Wildman–Crippen MR) is 81.1 cm³/mol. The van der Waals surface area contributed by atoms with Crippen LogP contribution in [0.4, 0.5) is 0 Å². The average molecular weight is 281 g/mol. The van der Waals surface area contributed by atoms with Gasteiger partial charge in [0.2, 0.25) is 0 Å². The molecule has 0 amide bonds. The third-order valence-electron chi connectivity index (χ3n) is 3.45. The van der Waals surface area contributed by atoms with E-state index in [9.17, 15) is 10.2 Å². The van der Waals surface area contributed by atoms with Crippen molar-refractivity contribution in [3.05, 3.63) is 29.3 Å². The Morgan fingerprint density at radius 1 is 1.20 bits per heavy atom. The van der Waals surface area contributed by atoms with Gasteiger partial charge in [-0.2, -0.15) is 0 Å². The molecule has 0 aliphatic carbocycles. The van der Waals surface area contributed by atoms with E-state index in [4.69, 9.17) is 4.74 Å². The van der Waals surface area contributed by atoms with E-state index in [2.05, 4.69) is 5.32 Å². The Hall–Kier alpha value is -1.10. The monoisotopic (exact) mass is 281 g/mol. The molecule has 3 N–H and O–H groups in total. The van der Waals surface area contributed by atoms with Gasteiger partial charge in [0.15, 0.2) is 0 Å². The maximum absolute atomic E-state index is 9.95. The van der Waals surface area contributed by atoms with Crippen molar-refractivity contribution < 1.29 is 14.9 Å². The van der Waals surface area contributed by atoms with E-state index in [1.54, 1.807) is 0 Å². The maximum atomic E-state index is 9.95. The zero-order valence-corrected chi connectivity index (χ0v) is 12.9. The largest absolute Gasteiger partial charge is 0.490 e. The quantitative estimate of drug-likeness (QED) is 0.678. The highest BCUT2D eigenvalue weighted by molar-refractivity contribution is 5.39. The van der Waals surface area contributed by atoms with Gasteiger partial charge >= 0.3 is 0 Å². The molecule has 0 saturated carbocycles. The van der Waals surface area contributed by atoms with Crippen LogP contribution in [0.3, 0.4) is 0 Å². The number of rotatable bonds is 8. The van der Waals surface area contributed by atoms with Crippen LogP contribution in [-0.2, 0) is 0 Å². The van der Waals surface area contributed by atoms with E-state index in [0.29, 0.717) is 12.5 Å². The van der Waals surface area contributed by atoms with Gasteiger partial charge in [-0.1, -0.05) is 32.0 Å². The number of hydrogen-bond donors (Lipinski definition) is 3. The van der Waals surface area contributed by atoms with Crippen LogP contribution in [0.1, 0.15) is 25.0 Å². The van der Waals surface area contributed by atoms with Gasteiger partial charge in [0.25, 0.3) is 0 Å². The molecule has 114 valence electrons. The lowest BCUT2D eigenvalue weighted by Gasteiger charge is -2.22. The lowest BCUT2D eigenvalue weighted by molar-refractivity contribution is 0.0956. The standard InChI is InChI=1S/C16H27NO3/c1-11(2)15(9-18)17-8-14(19)10-20-16-12(3)6-5-7-13(16)4/h5-7,11,14-15,17-19H,8-10H2,1-4H3/t14?,15-/m1/s1. The smallest absolute Gasteiger partial charge is 0.125 e. The molecule has 4 heteroatoms. The summed E-state index contributed by atoms with van der Waals surface area (Å²) in [7, 11) is 0. The zero-order chi connectivity index (χ0) is 15.1. The van der Waals surface area contributed by atoms with E-state index in [1.165, 1.54) is 0 Å². The summed E-state index contributed by atoms with van der Waals surface area (Å²) in [6.07, 6.45) is -0.596. The van der Waals surface area contributed by atoms with Gasteiger partial charge in [-0.25, -0.2) is 0 Å². The van der Waals surface area contributed by atoms with Gasteiger partial charge in [0.05, 0.1) is 6.61 Å². The minimum atomic E-state index is -0.596. The minimum Gasteiger partial charge on any atom is -0.490 e. The molecule has 0 heterocycles. The first-order chi connectivity index (χ1) is 9.45. The Bertz CT molecular complexity index is 386. The molecule has 0 aliphatic heterocycles. The van der Waals surface area contributed by atoms with Crippen LogP contribution in [0.15, 0.2) is 18.2 Å². The molecule has 0 aromatic heterocycles. The number of aliphatic hydroxyl groups excluding tert-OH is 2. The van der Waals surface area contributed by atoms with Gasteiger partial charge in [0, 0.05) is 12.6 Å². The Morgan fingerprint density at radius 3 is 2.30 bits per heavy atom. The number of aryl methyl sites for hydroxylation is 2. The molecule has 1 rings (SSSR count). The van der Waals surface area contributed by atoms with Gasteiger partial charge in [-0.15, -0.1) is 0 Å². The van der Waals surface area contributed by atoms with E-state index in [-0.39, 0.29) is 19.3 Å². The van der Waals surface area contributed by atoms with Crippen molar-refractivity contribution in [2.24, 2.45) is 5.92 Å². The second-order valence-electron chi connectivity index (χ2n) is 5.63. The van der Waals surface area contributed by atoms with Crippen LogP contribution in [0, 0.1) is 19.8 Å². The molecule has 1 aromatic carbocycles. The maximum Gasteiger partial charge on any atom is 0.125 e. The van der Waals surface area contributed by atoms with Gasteiger partial charge in [-0.05, 0) is 30.9 Å². The Morgan fingerprint density at radius 2 is 1.80 bits per heavy atom. The normalized spacial score (nSPS) is 14.3. The summed E-state index contributed by atoms with van der Waals surface area (Å²) in [5, 5.41) is 22.3. The van der Waals surface area contributed by atoms with E-state index >= 15 is 0 Å². The van der Waals surface area contributed by atoms with Crippen LogP contribution in [-0.4, -0.2) is 42.1 Å². The first-order valence-corrected chi connectivity index (χ1v) is 7.17. The highest BCUT2D eigenvalue weighted by Gasteiger charge is 2.14. The zero-order valence-electron chi connectivity index (χ0n) is 12.9. The lowest BCUT2D eigenvalue weighted by atomic mass is 10.1. The van der Waals surface area contributed by atoms with Gasteiger partial charge < -0.3 is 20.3 Å². The molecular formula is C16H27NO3. The SMILES string of the molecule is Cc1cccc(C)c1OCC(O)CN[C@H](CO)C(C)C. The highest BCUT2D eigenvalue weighted by atomic mass is 16.5. The summed E-state index contributed by atoms with van der Waals surface area (Å²) in [6, 6.07) is 5.98. The number of nitrogens with one attached hydrogen (secondary N) is 1. The first kappa shape index (κ1) is 17.0. The molecule has 0 bridgehead atoms. The fourth-order valence-corrected chi connectivity index (χ4v) is 2.06. The van der Waals surface area contributed by atoms with E-state index in [0.717, 1.165) is 16.9 Å². The van der Waals surface area contributed by atoms with Crippen LogP contribution < -0.4 is 10.1 Å². The number of para-hydroxylation sites is 1. The molecule has 4 nitrogen and oxygen atoms in total. The number of aliphatic hydroxyl groups is 2. The summed E-state index contributed by atoms with van der Waals surface area (Å²) < 4.78 is 5.70. The van der Waals surface area contributed by atoms with Gasteiger partial charge in [0.1, 0.15) is 18.5 Å². The predicted octanol–water partition coefficient (Wildman–Crippen LogP) is 1.65. The summed E-state index contributed by atoms with van der Waals surface area (Å²) >= 11 is 0. The molecular weight excluding hydrogens is 254 g/mol. The highest BCUT2D eigenvalue weighted by Crippen LogP contribution is 2.22. The molecule has 0 spiro atoms. The van der Waals surface area contributed by atoms with E-state index in [1.807, 2.05) is 45.9 Å². The van der Waals surface area contributed by atoms with Crippen molar-refractivity contribution in [2.45, 2.75) is 39.8 Å². The average Bonchev–Trinajstić information content (AvgIpc) is 2.38. The molecule has 2 atom stereocenters. The topological polar surface area (TPSA) is 61.7 Å². The first-order valence-electron chi connectivity index (χ1n) is 7.17. The third-order valence-corrected chi connectivity index (χ3v) is 3.45. The molecule has 0 radical (unpaired) electrons. The van der Waals surface area contributed by atoms with Crippen LogP contribution >= 0.6 is 0 Å². The molecule has 20 heavy (non-hydrogen) atoms. The fourth-order valence-electron chi connectivity index (χ4n) is 2.06. The van der Waals surface area contributed by atoms with Crippen molar-refractivity contribution in [1.29, 1.82) is 0 Å². The molecule has 0 fully saturated rings. The Kier molecular flexibility index (Phi) is 6.99. The molecule has 1 unspecified atom stereocenters. The van der Waals surface area contributed by atoms with Gasteiger partial charge in [-0.3, -0.25) is 0 Å². The van der Waals surface area contributed by atoms with Crippen molar-refractivity contribution in [3.8, 4) is 5.75 Å². The summed E-state index contributed by atoms with van der Waals surface area (Å²) in [4.78, 5) is 0. The van der Waals surface area contributed by atoms with Crippen LogP contribution in [0.5, 0.6) is 5.75 Å². The third kappa shape index (κ3) is 5.12. The van der Waals surface area contributed by atoms with Crippen molar-refractivity contribution in [2.75, 3.05) is 19.8 Å². The molecule has 0 aliphatic rings. The van der Waals surface area contributed by atoms with Crippen LogP contribution in [0.25, 0.3) is 0 Å². The second-order valence-corrected chi connectivity index (χ2v) is 5.63. The van der Waals surface area contributed by atoms with Crippen molar-refractivity contribution in [3.63, 3.8) is 0 Å². The number of hydrogen-bond acceptors (Lipinski definition) is 4. The van der Waals surface area contributed by atoms with Crippen LogP contribution in [0.2, 0.25) is 0 Å². The minimum absolute atomic E-state index is 0.00449. The Labute approximate surface area is 121 Å². The Balaban J connectivity index is 2.42. The lowest BCUT2D eigenvalue weighted by Crippen LogP contribution is -2.42. The summed E-state index contributed by atoms with van der Waals surface area (Å²) in [5.74, 6) is 1.17. The molecule has 1 aromatic rings. The summed E-state index contributed by atoms with van der Waals surface area (Å²) in [5.41, 5.74) is 2.14. The molecule has 0 saturated heterocycles. The van der Waals surface area contributed by atoms with E-state index < -0.39 is 6.10 Å². The number of benzene rings is 1. The summed E-state index contributed by atoms with van der Waals surface area (Å²) in [6.45, 7) is 8.79. The second kappa shape index (κ2) is 8.25. The number of ether oxygens (including phenoxy) is 1. The van der Waals surface area contributed by atoms with Crippen molar-refractivity contribution in [1.82, 2.24) is 5.32 Å².